The Bertz CT molecular complexity index is 602. The molecule has 5 N–H and O–H groups in total. The zero-order chi connectivity index (χ0) is 18.0. The number of hydrogen-bond acceptors (Lipinski definition) is 5. The maximum Gasteiger partial charge on any atom is 0.451 e. The van der Waals surface area contributed by atoms with Crippen molar-refractivity contribution in [1.82, 2.24) is 4.90 Å². The first kappa shape index (κ1) is 18.4. The summed E-state index contributed by atoms with van der Waals surface area (Å²) < 4.78 is 0. The molecule has 1 saturated carbocycles. The summed E-state index contributed by atoms with van der Waals surface area (Å²) in [6, 6.07) is 8.32. The molecule has 2 aliphatic rings. The number of nitrogens with zero attached hydrogens (tertiary/aromatic N) is 1. The summed E-state index contributed by atoms with van der Waals surface area (Å²) in [5, 5.41) is 27.9. The van der Waals surface area contributed by atoms with E-state index in [-0.39, 0.29) is 18.2 Å². The quantitative estimate of drug-likeness (QED) is 0.574. The van der Waals surface area contributed by atoms with E-state index in [1.807, 2.05) is 12.1 Å². The van der Waals surface area contributed by atoms with Gasteiger partial charge in [0, 0.05) is 25.6 Å². The number of hydrogen-bond donors (Lipinski definition) is 4. The largest absolute Gasteiger partial charge is 0.480 e. The second kappa shape index (κ2) is 7.46. The Morgan fingerprint density at radius 1 is 1.24 bits per heavy atom. The predicted octanol–water partition coefficient (Wildman–Crippen LogP) is 1.06. The van der Waals surface area contributed by atoms with Gasteiger partial charge < -0.3 is 20.9 Å². The Kier molecular flexibility index (Phi) is 5.48. The van der Waals surface area contributed by atoms with E-state index < -0.39 is 18.6 Å². The molecule has 1 aliphatic carbocycles. The van der Waals surface area contributed by atoms with Gasteiger partial charge in [0.15, 0.2) is 0 Å². The molecule has 0 aromatic heterocycles. The number of fused-ring (bicyclic) bond motifs is 1. The van der Waals surface area contributed by atoms with Crippen LogP contribution in [0.25, 0.3) is 0 Å². The molecule has 1 aromatic rings. The first-order valence-corrected chi connectivity index (χ1v) is 9.06. The van der Waals surface area contributed by atoms with Gasteiger partial charge in [-0.1, -0.05) is 30.7 Å². The van der Waals surface area contributed by atoms with E-state index >= 15 is 0 Å². The molecule has 6 nitrogen and oxygen atoms in total. The van der Waals surface area contributed by atoms with Crippen molar-refractivity contribution < 1.29 is 19.9 Å². The predicted molar refractivity (Wildman–Crippen MR) is 95.6 cm³/mol. The van der Waals surface area contributed by atoms with Crippen molar-refractivity contribution in [2.24, 2.45) is 17.6 Å². The van der Waals surface area contributed by atoms with Gasteiger partial charge in [0.05, 0.1) is 0 Å². The molecule has 3 atom stereocenters. The van der Waals surface area contributed by atoms with Crippen LogP contribution in [0, 0.1) is 11.8 Å². The van der Waals surface area contributed by atoms with Crippen LogP contribution in [0.4, 0.5) is 0 Å². The molecule has 0 saturated heterocycles. The summed E-state index contributed by atoms with van der Waals surface area (Å²) in [4.78, 5) is 14.2. The van der Waals surface area contributed by atoms with Crippen LogP contribution in [0.5, 0.6) is 0 Å². The molecule has 0 spiro atoms. The molecule has 3 unspecified atom stereocenters. The first-order chi connectivity index (χ1) is 11.9. The lowest BCUT2D eigenvalue weighted by molar-refractivity contribution is -0.148. The van der Waals surface area contributed by atoms with Crippen LogP contribution in [-0.2, 0) is 17.9 Å². The second-order valence-electron chi connectivity index (χ2n) is 7.69. The van der Waals surface area contributed by atoms with E-state index in [1.165, 1.54) is 11.1 Å². The fourth-order valence-corrected chi connectivity index (χ4v) is 4.43. The molecule has 1 heterocycles. The monoisotopic (exact) mass is 346 g/mol. The molecule has 0 bridgehead atoms. The minimum atomic E-state index is -1.34. The maximum absolute atomic E-state index is 11.9. The number of nitrogens with two attached hydrogens (primary N) is 1. The Hall–Kier alpha value is -1.41. The standard InChI is InChI=1S/C18H27BN2O4/c20-18(17(22)23)9-13(7-8-19(24)25)5-6-16(18)12-21-10-14-3-1-2-4-15(14)11-21/h1-4,13,16,24-25H,5-12,20H2,(H,22,23). The van der Waals surface area contributed by atoms with Gasteiger partial charge >= 0.3 is 13.1 Å². The third-order valence-electron chi connectivity index (χ3n) is 5.89. The zero-order valence-corrected chi connectivity index (χ0v) is 14.5. The van der Waals surface area contributed by atoms with Crippen LogP contribution in [0.15, 0.2) is 24.3 Å². The van der Waals surface area contributed by atoms with Crippen LogP contribution in [0.1, 0.15) is 36.8 Å². The summed E-state index contributed by atoms with van der Waals surface area (Å²) in [5.41, 5.74) is 7.76. The lowest BCUT2D eigenvalue weighted by Crippen LogP contribution is -2.59. The third kappa shape index (κ3) is 4.06. The second-order valence-corrected chi connectivity index (χ2v) is 7.69. The third-order valence-corrected chi connectivity index (χ3v) is 5.89. The van der Waals surface area contributed by atoms with E-state index in [4.69, 9.17) is 15.8 Å². The SMILES string of the molecule is NC1(C(=O)O)CC(CCB(O)O)CCC1CN1Cc2ccccc2C1. The van der Waals surface area contributed by atoms with Crippen molar-refractivity contribution >= 4 is 13.1 Å². The Morgan fingerprint density at radius 2 is 1.88 bits per heavy atom. The molecule has 3 rings (SSSR count). The highest BCUT2D eigenvalue weighted by Crippen LogP contribution is 2.39. The summed E-state index contributed by atoms with van der Waals surface area (Å²) in [7, 11) is -1.34. The number of rotatable bonds is 6. The first-order valence-electron chi connectivity index (χ1n) is 9.06. The topological polar surface area (TPSA) is 107 Å². The number of carboxylic acid groups (broad SMARTS) is 1. The highest BCUT2D eigenvalue weighted by Gasteiger charge is 2.47. The van der Waals surface area contributed by atoms with E-state index in [1.54, 1.807) is 0 Å². The number of aliphatic carboxylic acids is 1. The van der Waals surface area contributed by atoms with Crippen molar-refractivity contribution in [2.75, 3.05) is 6.54 Å². The zero-order valence-electron chi connectivity index (χ0n) is 14.5. The molecular formula is C18H27BN2O4. The highest BCUT2D eigenvalue weighted by atomic mass is 16.4. The van der Waals surface area contributed by atoms with Crippen molar-refractivity contribution in [3.63, 3.8) is 0 Å². The van der Waals surface area contributed by atoms with Crippen molar-refractivity contribution in [2.45, 2.75) is 50.6 Å². The van der Waals surface area contributed by atoms with Crippen LogP contribution in [0.3, 0.4) is 0 Å². The fraction of sp³-hybridized carbons (Fsp3) is 0.611. The minimum absolute atomic E-state index is 0.0883. The Balaban J connectivity index is 1.64. The molecule has 136 valence electrons. The molecule has 0 amide bonds. The summed E-state index contributed by atoms with van der Waals surface area (Å²) in [5.74, 6) is -0.895. The van der Waals surface area contributed by atoms with Gasteiger partial charge in [-0.15, -0.1) is 0 Å². The smallest absolute Gasteiger partial charge is 0.451 e. The molecule has 7 heteroatoms. The number of carbonyl (C=O) groups is 1. The summed E-state index contributed by atoms with van der Waals surface area (Å²) >= 11 is 0. The van der Waals surface area contributed by atoms with Gasteiger partial charge in [0.1, 0.15) is 5.54 Å². The fourth-order valence-electron chi connectivity index (χ4n) is 4.43. The Labute approximate surface area is 148 Å². The van der Waals surface area contributed by atoms with Crippen LogP contribution < -0.4 is 5.73 Å². The van der Waals surface area contributed by atoms with Gasteiger partial charge in [0.2, 0.25) is 0 Å². The van der Waals surface area contributed by atoms with Crippen molar-refractivity contribution in [1.29, 1.82) is 0 Å². The minimum Gasteiger partial charge on any atom is -0.480 e. The lowest BCUT2D eigenvalue weighted by atomic mass is 9.66. The van der Waals surface area contributed by atoms with E-state index in [0.29, 0.717) is 19.4 Å². The average Bonchev–Trinajstić information content (AvgIpc) is 2.97. The van der Waals surface area contributed by atoms with Crippen LogP contribution in [-0.4, -0.2) is 45.2 Å². The Morgan fingerprint density at radius 3 is 2.44 bits per heavy atom. The average molecular weight is 346 g/mol. The highest BCUT2D eigenvalue weighted by molar-refractivity contribution is 6.40. The lowest BCUT2D eigenvalue weighted by Gasteiger charge is -2.43. The van der Waals surface area contributed by atoms with Gasteiger partial charge in [0.25, 0.3) is 0 Å². The summed E-state index contributed by atoms with van der Waals surface area (Å²) in [6.45, 7) is 2.39. The van der Waals surface area contributed by atoms with Crippen LogP contribution >= 0.6 is 0 Å². The molecular weight excluding hydrogens is 319 g/mol. The molecule has 1 aliphatic heterocycles. The number of benzene rings is 1. The number of carboxylic acids is 1. The van der Waals surface area contributed by atoms with Gasteiger partial charge in [-0.25, -0.2) is 0 Å². The molecule has 25 heavy (non-hydrogen) atoms. The van der Waals surface area contributed by atoms with Crippen molar-refractivity contribution in [3.8, 4) is 0 Å². The van der Waals surface area contributed by atoms with Gasteiger partial charge in [-0.3, -0.25) is 9.69 Å². The van der Waals surface area contributed by atoms with Crippen molar-refractivity contribution in [3.05, 3.63) is 35.4 Å². The van der Waals surface area contributed by atoms with E-state index in [9.17, 15) is 9.90 Å². The van der Waals surface area contributed by atoms with Crippen LogP contribution in [0.2, 0.25) is 6.32 Å². The summed E-state index contributed by atoms with van der Waals surface area (Å²) in [6.07, 6.45) is 2.94. The normalized spacial score (nSPS) is 29.4. The maximum atomic E-state index is 11.9. The van der Waals surface area contributed by atoms with Gasteiger partial charge in [-0.05, 0) is 42.6 Å². The van der Waals surface area contributed by atoms with Gasteiger partial charge in [-0.2, -0.15) is 0 Å². The molecule has 1 aromatic carbocycles. The molecule has 0 radical (unpaired) electrons. The van der Waals surface area contributed by atoms with E-state index in [2.05, 4.69) is 17.0 Å². The molecule has 1 fully saturated rings. The van der Waals surface area contributed by atoms with E-state index in [0.717, 1.165) is 25.9 Å².